The summed E-state index contributed by atoms with van der Waals surface area (Å²) in [6.45, 7) is 5.74. The average Bonchev–Trinajstić information content (AvgIpc) is 3.47. The summed E-state index contributed by atoms with van der Waals surface area (Å²) in [7, 11) is 1.96. The molecule has 33 heavy (non-hydrogen) atoms. The highest BCUT2D eigenvalue weighted by Gasteiger charge is 2.29. The van der Waals surface area contributed by atoms with Gasteiger partial charge >= 0.3 is 0 Å². The number of imidazole rings is 1. The van der Waals surface area contributed by atoms with Crippen LogP contribution in [0.15, 0.2) is 66.4 Å². The van der Waals surface area contributed by atoms with E-state index in [2.05, 4.69) is 34.2 Å². The molecule has 1 aromatic carbocycles. The van der Waals surface area contributed by atoms with Crippen LogP contribution in [0, 0.1) is 0 Å². The SMILES string of the molecule is Cn1c(-c2ccc(-c3nccs3)cc2)cnc1C(Cc1ccccn1)N(C=O)OC(C)(C)C. The highest BCUT2D eigenvalue weighted by Crippen LogP contribution is 2.30. The Bertz CT molecular complexity index is 1180. The Kier molecular flexibility index (Phi) is 6.67. The Labute approximate surface area is 197 Å². The minimum Gasteiger partial charge on any atom is -0.329 e. The predicted octanol–water partition coefficient (Wildman–Crippen LogP) is 5.08. The van der Waals surface area contributed by atoms with Gasteiger partial charge in [-0.15, -0.1) is 11.3 Å². The van der Waals surface area contributed by atoms with Crippen molar-refractivity contribution < 1.29 is 9.63 Å². The molecule has 0 bridgehead atoms. The van der Waals surface area contributed by atoms with Crippen LogP contribution in [0.5, 0.6) is 0 Å². The first-order valence-corrected chi connectivity index (χ1v) is 11.6. The minimum atomic E-state index is -0.539. The minimum absolute atomic E-state index is 0.440. The van der Waals surface area contributed by atoms with Crippen LogP contribution in [0.2, 0.25) is 0 Å². The van der Waals surface area contributed by atoms with Crippen LogP contribution >= 0.6 is 11.3 Å². The van der Waals surface area contributed by atoms with Gasteiger partial charge in [0.15, 0.2) is 0 Å². The number of hydrogen-bond donors (Lipinski definition) is 0. The number of pyridine rings is 1. The monoisotopic (exact) mass is 461 g/mol. The van der Waals surface area contributed by atoms with Gasteiger partial charge < -0.3 is 4.57 Å². The number of carbonyl (C=O) groups is 1. The second kappa shape index (κ2) is 9.64. The normalized spacial score (nSPS) is 12.5. The van der Waals surface area contributed by atoms with E-state index < -0.39 is 11.6 Å². The molecule has 0 saturated heterocycles. The summed E-state index contributed by atoms with van der Waals surface area (Å²) in [5.41, 5.74) is 3.37. The van der Waals surface area contributed by atoms with Crippen LogP contribution in [-0.4, -0.2) is 36.6 Å². The molecule has 7 nitrogen and oxygen atoms in total. The van der Waals surface area contributed by atoms with E-state index in [4.69, 9.17) is 9.82 Å². The van der Waals surface area contributed by atoms with Crippen molar-refractivity contribution in [1.82, 2.24) is 24.6 Å². The van der Waals surface area contributed by atoms with Crippen LogP contribution in [0.25, 0.3) is 21.8 Å². The Hall–Kier alpha value is -3.36. The summed E-state index contributed by atoms with van der Waals surface area (Å²) in [5, 5.41) is 4.31. The van der Waals surface area contributed by atoms with Crippen molar-refractivity contribution in [2.45, 2.75) is 38.8 Å². The molecule has 0 aliphatic rings. The molecular formula is C25H27N5O2S. The van der Waals surface area contributed by atoms with E-state index in [1.165, 1.54) is 5.06 Å². The standard InChI is InChI=1S/C25H27N5O2S/c1-25(2,3)32-30(17-31)21(15-20-7-5-6-12-26-20)23-28-16-22(29(23)4)18-8-10-19(11-9-18)24-27-13-14-33-24/h5-14,16-17,21H,15H2,1-4H3. The quantitative estimate of drug-likeness (QED) is 0.270. The first kappa shape index (κ1) is 22.8. The van der Waals surface area contributed by atoms with Crippen LogP contribution < -0.4 is 0 Å². The molecule has 4 rings (SSSR count). The van der Waals surface area contributed by atoms with E-state index in [0.29, 0.717) is 6.42 Å². The largest absolute Gasteiger partial charge is 0.329 e. The zero-order valence-corrected chi connectivity index (χ0v) is 20.0. The molecule has 0 aliphatic heterocycles. The summed E-state index contributed by atoms with van der Waals surface area (Å²) in [6.07, 6.45) is 6.58. The Morgan fingerprint density at radius 3 is 2.42 bits per heavy atom. The molecule has 0 fully saturated rings. The maximum Gasteiger partial charge on any atom is 0.234 e. The van der Waals surface area contributed by atoms with Crippen molar-refractivity contribution in [2.24, 2.45) is 7.05 Å². The number of thiazole rings is 1. The lowest BCUT2D eigenvalue weighted by molar-refractivity contribution is -0.235. The molecule has 170 valence electrons. The fourth-order valence-corrected chi connectivity index (χ4v) is 4.28. The predicted molar refractivity (Wildman–Crippen MR) is 129 cm³/mol. The molecule has 1 atom stereocenters. The molecule has 0 saturated carbocycles. The number of aromatic nitrogens is 4. The van der Waals surface area contributed by atoms with Crippen molar-refractivity contribution in [1.29, 1.82) is 0 Å². The highest BCUT2D eigenvalue weighted by atomic mass is 32.1. The van der Waals surface area contributed by atoms with Gasteiger partial charge in [0, 0.05) is 42.5 Å². The summed E-state index contributed by atoms with van der Waals surface area (Å²) in [4.78, 5) is 31.6. The van der Waals surface area contributed by atoms with Gasteiger partial charge in [0.05, 0.1) is 17.5 Å². The van der Waals surface area contributed by atoms with E-state index in [9.17, 15) is 4.79 Å². The van der Waals surface area contributed by atoms with Gasteiger partial charge in [0.1, 0.15) is 16.9 Å². The molecule has 0 aliphatic carbocycles. The Balaban J connectivity index is 1.68. The van der Waals surface area contributed by atoms with E-state index in [1.54, 1.807) is 17.5 Å². The molecular weight excluding hydrogens is 434 g/mol. The fourth-order valence-electron chi connectivity index (χ4n) is 3.64. The van der Waals surface area contributed by atoms with Crippen LogP contribution in [-0.2, 0) is 23.1 Å². The molecule has 3 aromatic heterocycles. The lowest BCUT2D eigenvalue weighted by Gasteiger charge is -2.32. The smallest absolute Gasteiger partial charge is 0.234 e. The first-order valence-electron chi connectivity index (χ1n) is 10.7. The number of hydrogen-bond acceptors (Lipinski definition) is 6. The third kappa shape index (κ3) is 5.35. The molecule has 0 radical (unpaired) electrons. The lowest BCUT2D eigenvalue weighted by atomic mass is 10.1. The van der Waals surface area contributed by atoms with E-state index >= 15 is 0 Å². The maximum absolute atomic E-state index is 12.1. The topological polar surface area (TPSA) is 73.1 Å². The first-order chi connectivity index (χ1) is 15.9. The van der Waals surface area contributed by atoms with Crippen molar-refractivity contribution in [3.05, 3.63) is 78.0 Å². The van der Waals surface area contributed by atoms with Crippen LogP contribution in [0.3, 0.4) is 0 Å². The molecule has 0 spiro atoms. The summed E-state index contributed by atoms with van der Waals surface area (Å²) < 4.78 is 2.01. The summed E-state index contributed by atoms with van der Waals surface area (Å²) >= 11 is 1.61. The molecule has 1 amide bonds. The van der Waals surface area contributed by atoms with E-state index in [-0.39, 0.29) is 0 Å². The highest BCUT2D eigenvalue weighted by molar-refractivity contribution is 7.13. The maximum atomic E-state index is 12.1. The number of hydroxylamine groups is 2. The number of carbonyl (C=O) groups excluding carboxylic acids is 1. The van der Waals surface area contributed by atoms with E-state index in [0.717, 1.165) is 39.8 Å². The number of nitrogens with zero attached hydrogens (tertiary/aromatic N) is 5. The van der Waals surface area contributed by atoms with Gasteiger partial charge in [-0.25, -0.2) is 15.0 Å². The third-order valence-electron chi connectivity index (χ3n) is 5.10. The Morgan fingerprint density at radius 1 is 1.06 bits per heavy atom. The number of rotatable bonds is 8. The summed E-state index contributed by atoms with van der Waals surface area (Å²) in [5.74, 6) is 0.719. The average molecular weight is 462 g/mol. The van der Waals surface area contributed by atoms with Crippen molar-refractivity contribution >= 4 is 17.7 Å². The molecule has 8 heteroatoms. The molecule has 3 heterocycles. The number of amides is 1. The van der Waals surface area contributed by atoms with Gasteiger partial charge in [-0.3, -0.25) is 14.6 Å². The lowest BCUT2D eigenvalue weighted by Crippen LogP contribution is -2.38. The van der Waals surface area contributed by atoms with Crippen molar-refractivity contribution in [3.8, 4) is 21.8 Å². The van der Waals surface area contributed by atoms with Gasteiger partial charge in [0.25, 0.3) is 0 Å². The van der Waals surface area contributed by atoms with Crippen molar-refractivity contribution in [3.63, 3.8) is 0 Å². The zero-order chi connectivity index (χ0) is 23.4. The zero-order valence-electron chi connectivity index (χ0n) is 19.2. The van der Waals surface area contributed by atoms with Gasteiger partial charge in [-0.2, -0.15) is 0 Å². The molecule has 1 unspecified atom stereocenters. The summed E-state index contributed by atoms with van der Waals surface area (Å²) in [6, 6.07) is 13.6. The van der Waals surface area contributed by atoms with Gasteiger partial charge in [-0.05, 0) is 38.5 Å². The number of benzene rings is 1. The fraction of sp³-hybridized carbons (Fsp3) is 0.280. The van der Waals surface area contributed by atoms with Crippen LogP contribution in [0.1, 0.15) is 38.3 Å². The molecule has 4 aromatic rings. The Morgan fingerprint density at radius 2 is 1.82 bits per heavy atom. The molecule has 0 N–H and O–H groups in total. The second-order valence-electron chi connectivity index (χ2n) is 8.69. The van der Waals surface area contributed by atoms with Gasteiger partial charge in [0.2, 0.25) is 6.41 Å². The van der Waals surface area contributed by atoms with Crippen molar-refractivity contribution in [2.75, 3.05) is 0 Å². The van der Waals surface area contributed by atoms with E-state index in [1.807, 2.05) is 68.4 Å². The van der Waals surface area contributed by atoms with Crippen LogP contribution in [0.4, 0.5) is 0 Å². The van der Waals surface area contributed by atoms with Gasteiger partial charge in [-0.1, -0.05) is 30.3 Å². The third-order valence-corrected chi connectivity index (χ3v) is 5.92. The second-order valence-corrected chi connectivity index (χ2v) is 9.58.